The summed E-state index contributed by atoms with van der Waals surface area (Å²) in [6, 6.07) is 15.7. The highest BCUT2D eigenvalue weighted by molar-refractivity contribution is 8.14. The molecule has 0 aliphatic carbocycles. The Kier molecular flexibility index (Phi) is 6.21. The molecule has 0 fully saturated rings. The van der Waals surface area contributed by atoms with Gasteiger partial charge in [0.25, 0.3) is 0 Å². The Morgan fingerprint density at radius 1 is 1.00 bits per heavy atom. The van der Waals surface area contributed by atoms with Crippen LogP contribution < -0.4 is 0 Å². The van der Waals surface area contributed by atoms with Crippen molar-refractivity contribution >= 4 is 28.8 Å². The first kappa shape index (κ1) is 26.1. The molecule has 2 aliphatic heterocycles. The van der Waals surface area contributed by atoms with Gasteiger partial charge in [-0.2, -0.15) is 22.0 Å². The van der Waals surface area contributed by atoms with Gasteiger partial charge in [-0.05, 0) is 36.8 Å². The fraction of sp³-hybridized carbons (Fsp3) is 0.185. The van der Waals surface area contributed by atoms with E-state index in [1.165, 1.54) is 17.1 Å². The van der Waals surface area contributed by atoms with Gasteiger partial charge >= 0.3 is 17.3 Å². The molecule has 0 N–H and O–H groups in total. The normalized spacial score (nSPS) is 17.2. The van der Waals surface area contributed by atoms with Gasteiger partial charge < -0.3 is 0 Å². The molecule has 0 amide bonds. The van der Waals surface area contributed by atoms with Crippen molar-refractivity contribution in [2.75, 3.05) is 5.88 Å². The van der Waals surface area contributed by atoms with Crippen LogP contribution in [0.3, 0.4) is 0 Å². The van der Waals surface area contributed by atoms with Gasteiger partial charge in [-0.25, -0.2) is 18.6 Å². The molecular formula is C27H19F6N6S+. The highest BCUT2D eigenvalue weighted by Gasteiger charge is 2.58. The van der Waals surface area contributed by atoms with Crippen LogP contribution in [0.15, 0.2) is 78.2 Å². The predicted molar refractivity (Wildman–Crippen MR) is 138 cm³/mol. The molecule has 3 aromatic carbocycles. The second-order valence-corrected chi connectivity index (χ2v) is 10.1. The number of alkyl halides is 5. The number of fused-ring (bicyclic) bond motifs is 2. The van der Waals surface area contributed by atoms with Gasteiger partial charge in [-0.15, -0.1) is 10.1 Å². The van der Waals surface area contributed by atoms with E-state index in [0.29, 0.717) is 11.4 Å². The number of benzene rings is 3. The summed E-state index contributed by atoms with van der Waals surface area (Å²) in [7, 11) is 0. The minimum atomic E-state index is -5.68. The molecule has 0 saturated heterocycles. The topological polar surface area (TPSA) is 49.3 Å². The van der Waals surface area contributed by atoms with Gasteiger partial charge in [0.15, 0.2) is 11.9 Å². The first-order valence-corrected chi connectivity index (χ1v) is 13.0. The van der Waals surface area contributed by atoms with Gasteiger partial charge in [0.05, 0.1) is 11.9 Å². The summed E-state index contributed by atoms with van der Waals surface area (Å²) in [6.07, 6.45) is -2.61. The lowest BCUT2D eigenvalue weighted by molar-refractivity contribution is -0.434. The number of halogens is 6. The van der Waals surface area contributed by atoms with Crippen LogP contribution in [0.2, 0.25) is 0 Å². The monoisotopic (exact) mass is 573 g/mol. The Morgan fingerprint density at radius 3 is 2.38 bits per heavy atom. The number of hydrogen-bond donors (Lipinski definition) is 0. The summed E-state index contributed by atoms with van der Waals surface area (Å²) in [5.41, 5.74) is 2.47. The SMILES string of the molecule is CC1c2ccc(F)cc2[N+]2=C(SC2)N1N=Cc1ccc(-c2ncn(-c3ccc(C(F)(F)C(F)(F)F)cc3)n2)cc1. The molecule has 3 heterocycles. The Bertz CT molecular complexity index is 1640. The highest BCUT2D eigenvalue weighted by atomic mass is 32.2. The molecule has 0 bridgehead atoms. The van der Waals surface area contributed by atoms with E-state index >= 15 is 0 Å². The van der Waals surface area contributed by atoms with E-state index in [-0.39, 0.29) is 17.5 Å². The number of hydrogen-bond acceptors (Lipinski definition) is 5. The third-order valence-electron chi connectivity index (χ3n) is 6.69. The third-order valence-corrected chi connectivity index (χ3v) is 7.75. The van der Waals surface area contributed by atoms with E-state index in [0.717, 1.165) is 52.1 Å². The quantitative estimate of drug-likeness (QED) is 0.149. The standard InChI is InChI=1S/C27H19F6N6S/c1-16-22-11-8-20(28)12-23(22)37-15-40-25(37)39(16)35-13-17-2-4-18(5-3-17)24-34-14-38(36-24)21-9-6-19(7-10-21)26(29,30)27(31,32)33/h2-14,16H,15H2,1H3/q+1. The smallest absolute Gasteiger partial charge is 0.220 e. The van der Waals surface area contributed by atoms with E-state index in [9.17, 15) is 26.3 Å². The molecule has 0 saturated carbocycles. The number of nitrogens with zero attached hydrogens (tertiary/aromatic N) is 6. The Morgan fingerprint density at radius 2 is 1.73 bits per heavy atom. The highest BCUT2D eigenvalue weighted by Crippen LogP contribution is 2.44. The van der Waals surface area contributed by atoms with E-state index in [1.54, 1.807) is 42.2 Å². The molecule has 1 atom stereocenters. The Hall–Kier alpha value is -4.13. The van der Waals surface area contributed by atoms with Crippen molar-refractivity contribution in [1.82, 2.24) is 19.8 Å². The zero-order chi connectivity index (χ0) is 28.2. The van der Waals surface area contributed by atoms with E-state index in [2.05, 4.69) is 15.2 Å². The van der Waals surface area contributed by atoms with Gasteiger partial charge in [0, 0.05) is 34.5 Å². The number of rotatable bonds is 5. The molecule has 0 radical (unpaired) electrons. The van der Waals surface area contributed by atoms with Crippen LogP contribution in [0.4, 0.5) is 32.0 Å². The van der Waals surface area contributed by atoms with Crippen molar-refractivity contribution in [3.8, 4) is 17.1 Å². The second kappa shape index (κ2) is 9.51. The molecule has 13 heteroatoms. The number of hydrazone groups is 1. The first-order valence-electron chi connectivity index (χ1n) is 12.0. The Balaban J connectivity index is 1.17. The molecule has 1 aromatic heterocycles. The first-order chi connectivity index (χ1) is 19.0. The summed E-state index contributed by atoms with van der Waals surface area (Å²) >= 11 is 1.64. The summed E-state index contributed by atoms with van der Waals surface area (Å²) < 4.78 is 82.1. The van der Waals surface area contributed by atoms with Crippen LogP contribution in [0.5, 0.6) is 0 Å². The van der Waals surface area contributed by atoms with E-state index in [1.807, 2.05) is 28.6 Å². The molecular weight excluding hydrogens is 554 g/mol. The largest absolute Gasteiger partial charge is 0.458 e. The van der Waals surface area contributed by atoms with Gasteiger partial charge in [0.1, 0.15) is 23.7 Å². The summed E-state index contributed by atoms with van der Waals surface area (Å²) in [5, 5.41) is 11.8. The zero-order valence-corrected chi connectivity index (χ0v) is 21.5. The van der Waals surface area contributed by atoms with Crippen molar-refractivity contribution in [2.24, 2.45) is 5.10 Å². The van der Waals surface area contributed by atoms with Crippen LogP contribution in [0, 0.1) is 5.82 Å². The molecule has 6 nitrogen and oxygen atoms in total. The van der Waals surface area contributed by atoms with Crippen LogP contribution in [-0.4, -0.2) is 47.8 Å². The predicted octanol–water partition coefficient (Wildman–Crippen LogP) is 6.84. The number of thioether (sulfide) groups is 1. The zero-order valence-electron chi connectivity index (χ0n) is 20.6. The second-order valence-electron chi connectivity index (χ2n) is 9.21. The minimum absolute atomic E-state index is 0.0768. The van der Waals surface area contributed by atoms with Crippen LogP contribution in [0.25, 0.3) is 17.1 Å². The van der Waals surface area contributed by atoms with Gasteiger partial charge in [-0.3, -0.25) is 0 Å². The van der Waals surface area contributed by atoms with E-state index in [4.69, 9.17) is 0 Å². The van der Waals surface area contributed by atoms with Crippen molar-refractivity contribution in [1.29, 1.82) is 0 Å². The minimum Gasteiger partial charge on any atom is -0.220 e. The third kappa shape index (κ3) is 4.43. The summed E-state index contributed by atoms with van der Waals surface area (Å²) in [4.78, 5) is 4.23. The molecule has 40 heavy (non-hydrogen) atoms. The number of amidine groups is 1. The average molecular weight is 574 g/mol. The molecule has 6 rings (SSSR count). The molecule has 2 aliphatic rings. The van der Waals surface area contributed by atoms with Crippen LogP contribution >= 0.6 is 11.8 Å². The van der Waals surface area contributed by atoms with Crippen molar-refractivity contribution in [2.45, 2.75) is 25.1 Å². The van der Waals surface area contributed by atoms with E-state index < -0.39 is 17.7 Å². The Labute approximate surface area is 228 Å². The van der Waals surface area contributed by atoms with Crippen molar-refractivity contribution < 1.29 is 30.9 Å². The van der Waals surface area contributed by atoms with Crippen molar-refractivity contribution in [3.05, 3.63) is 95.6 Å². The fourth-order valence-electron chi connectivity index (χ4n) is 4.45. The number of aromatic nitrogens is 3. The van der Waals surface area contributed by atoms with Crippen LogP contribution in [0.1, 0.15) is 29.7 Å². The average Bonchev–Trinajstić information content (AvgIpc) is 3.40. The van der Waals surface area contributed by atoms with Crippen LogP contribution in [-0.2, 0) is 5.92 Å². The maximum absolute atomic E-state index is 13.8. The lowest BCUT2D eigenvalue weighted by Gasteiger charge is -2.32. The lowest BCUT2D eigenvalue weighted by atomic mass is 10.0. The lowest BCUT2D eigenvalue weighted by Crippen LogP contribution is -2.43. The maximum Gasteiger partial charge on any atom is 0.458 e. The van der Waals surface area contributed by atoms with Crippen molar-refractivity contribution in [3.63, 3.8) is 0 Å². The summed E-state index contributed by atoms with van der Waals surface area (Å²) in [6.45, 7) is 2.01. The maximum atomic E-state index is 13.8. The molecule has 0 spiro atoms. The summed E-state index contributed by atoms with van der Waals surface area (Å²) in [5.74, 6) is -4.15. The molecule has 204 valence electrons. The van der Waals surface area contributed by atoms with Gasteiger partial charge in [-0.1, -0.05) is 41.5 Å². The van der Waals surface area contributed by atoms with Gasteiger partial charge in [0.2, 0.25) is 0 Å². The molecule has 1 unspecified atom stereocenters. The fourth-order valence-corrected chi connectivity index (χ4v) is 5.40. The molecule has 4 aromatic rings.